The van der Waals surface area contributed by atoms with Crippen molar-refractivity contribution >= 4 is 24.0 Å². The van der Waals surface area contributed by atoms with E-state index in [1.165, 1.54) is 0 Å². The topological polar surface area (TPSA) is 69.4 Å². The lowest BCUT2D eigenvalue weighted by atomic mass is 10.2. The lowest BCUT2D eigenvalue weighted by Gasteiger charge is -2.32. The molecule has 3 rings (SSSR count). The van der Waals surface area contributed by atoms with Crippen LogP contribution in [0, 0.1) is 0 Å². The van der Waals surface area contributed by atoms with Gasteiger partial charge < -0.3 is 19.9 Å². The van der Waals surface area contributed by atoms with Crippen molar-refractivity contribution in [2.75, 3.05) is 43.2 Å². The Bertz CT molecular complexity index is 583. The highest BCUT2D eigenvalue weighted by molar-refractivity contribution is 5.85. The van der Waals surface area contributed by atoms with Gasteiger partial charge in [-0.2, -0.15) is 0 Å². The van der Waals surface area contributed by atoms with Gasteiger partial charge in [-0.25, -0.2) is 0 Å². The predicted molar refractivity (Wildman–Crippen MR) is 81.1 cm³/mol. The summed E-state index contributed by atoms with van der Waals surface area (Å²) in [5.41, 5.74) is 8.47. The summed E-state index contributed by atoms with van der Waals surface area (Å²) in [6.07, 6.45) is 1.57. The molecule has 1 fully saturated rings. The molecule has 7 nitrogen and oxygen atoms in total. The van der Waals surface area contributed by atoms with Gasteiger partial charge in [-0.15, -0.1) is 17.4 Å². The van der Waals surface area contributed by atoms with E-state index in [0.29, 0.717) is 0 Å². The second kappa shape index (κ2) is 6.53. The first-order valence-electron chi connectivity index (χ1n) is 6.51. The third-order valence-electron chi connectivity index (χ3n) is 3.43. The fraction of sp³-hybridized carbons (Fsp3) is 0.385. The van der Waals surface area contributed by atoms with Gasteiger partial charge in [0.25, 0.3) is 6.20 Å². The molecular formula is C13H18ClN5O2. The summed E-state index contributed by atoms with van der Waals surface area (Å²) >= 11 is 0. The Labute approximate surface area is 129 Å². The SMILES string of the molecule is COc1ccccc1N1CCN([n+]2cc([NH-])on2)CC1.Cl. The Morgan fingerprint density at radius 3 is 2.57 bits per heavy atom. The van der Waals surface area contributed by atoms with E-state index < -0.39 is 0 Å². The second-order valence-corrected chi connectivity index (χ2v) is 4.60. The molecule has 0 aliphatic carbocycles. The molecule has 0 radical (unpaired) electrons. The highest BCUT2D eigenvalue weighted by Crippen LogP contribution is 2.27. The minimum Gasteiger partial charge on any atom is -0.660 e. The van der Waals surface area contributed by atoms with Gasteiger partial charge in [-0.05, 0) is 12.1 Å². The predicted octanol–water partition coefficient (Wildman–Crippen LogP) is 1.53. The number of ether oxygens (including phenoxy) is 1. The quantitative estimate of drug-likeness (QED) is 0.804. The number of nitrogens with one attached hydrogen (secondary N) is 1. The number of halogens is 1. The van der Waals surface area contributed by atoms with Crippen LogP contribution in [0.1, 0.15) is 0 Å². The van der Waals surface area contributed by atoms with Gasteiger partial charge in [0.15, 0.2) is 0 Å². The molecular weight excluding hydrogens is 294 g/mol. The van der Waals surface area contributed by atoms with Crippen LogP contribution in [0.2, 0.25) is 0 Å². The minimum absolute atomic E-state index is 0. The van der Waals surface area contributed by atoms with Crippen LogP contribution in [0.15, 0.2) is 35.0 Å². The summed E-state index contributed by atoms with van der Waals surface area (Å²) in [5, 5.41) is 5.86. The van der Waals surface area contributed by atoms with Crippen LogP contribution in [0.3, 0.4) is 0 Å². The smallest absolute Gasteiger partial charge is 0.256 e. The molecule has 2 heterocycles. The summed E-state index contributed by atoms with van der Waals surface area (Å²) in [6, 6.07) is 8.03. The number of aromatic nitrogens is 2. The molecule has 1 saturated heterocycles. The van der Waals surface area contributed by atoms with Gasteiger partial charge in [-0.1, -0.05) is 12.1 Å². The lowest BCUT2D eigenvalue weighted by Crippen LogP contribution is -2.65. The van der Waals surface area contributed by atoms with Crippen LogP contribution in [0.4, 0.5) is 11.6 Å². The van der Waals surface area contributed by atoms with Crippen molar-refractivity contribution in [1.82, 2.24) is 5.27 Å². The largest absolute Gasteiger partial charge is 0.660 e. The van der Waals surface area contributed by atoms with Gasteiger partial charge in [0.2, 0.25) is 5.27 Å². The zero-order valence-corrected chi connectivity index (χ0v) is 12.5. The molecule has 0 spiro atoms. The third kappa shape index (κ3) is 3.13. The molecule has 0 atom stereocenters. The molecule has 114 valence electrons. The first-order chi connectivity index (χ1) is 9.78. The Morgan fingerprint density at radius 1 is 1.24 bits per heavy atom. The van der Waals surface area contributed by atoms with E-state index in [9.17, 15) is 0 Å². The Balaban J connectivity index is 0.00000161. The average Bonchev–Trinajstić information content (AvgIpc) is 2.94. The maximum Gasteiger partial charge on any atom is 0.256 e. The van der Waals surface area contributed by atoms with Crippen molar-refractivity contribution in [2.45, 2.75) is 0 Å². The molecule has 1 aliphatic heterocycles. The molecule has 1 aromatic carbocycles. The van der Waals surface area contributed by atoms with E-state index in [1.807, 2.05) is 23.2 Å². The Hall–Kier alpha value is -2.15. The highest BCUT2D eigenvalue weighted by Gasteiger charge is 2.25. The summed E-state index contributed by atoms with van der Waals surface area (Å²) in [6.45, 7) is 3.37. The standard InChI is InChI=1S/C13H17N5O2.ClH/c1-19-12-5-3-2-4-11(12)16-6-8-17(9-7-16)18-10-13(14)20-15-18;/h2-5,10,14H,6-9H2,1H3;1H. The first kappa shape index (κ1) is 15.2. The van der Waals surface area contributed by atoms with Crippen LogP contribution >= 0.6 is 12.4 Å². The Morgan fingerprint density at radius 2 is 1.95 bits per heavy atom. The fourth-order valence-electron chi connectivity index (χ4n) is 2.40. The lowest BCUT2D eigenvalue weighted by molar-refractivity contribution is -0.758. The van der Waals surface area contributed by atoms with Crippen molar-refractivity contribution in [2.24, 2.45) is 0 Å². The van der Waals surface area contributed by atoms with Crippen molar-refractivity contribution in [3.63, 3.8) is 0 Å². The number of anilines is 1. The summed E-state index contributed by atoms with van der Waals surface area (Å²) in [5.74, 6) is 0.959. The summed E-state index contributed by atoms with van der Waals surface area (Å²) in [4.78, 5) is 3.89. The van der Waals surface area contributed by atoms with Gasteiger partial charge in [-0.3, -0.25) is 0 Å². The van der Waals surface area contributed by atoms with Gasteiger partial charge >= 0.3 is 0 Å². The summed E-state index contributed by atoms with van der Waals surface area (Å²) in [7, 11) is 1.69. The minimum atomic E-state index is 0. The van der Waals surface area contributed by atoms with Crippen LogP contribution < -0.4 is 19.4 Å². The zero-order chi connectivity index (χ0) is 13.9. The highest BCUT2D eigenvalue weighted by atomic mass is 35.5. The number of hydrogen-bond donors (Lipinski definition) is 0. The molecule has 0 amide bonds. The average molecular weight is 312 g/mol. The number of piperazine rings is 1. The first-order valence-corrected chi connectivity index (χ1v) is 6.51. The zero-order valence-electron chi connectivity index (χ0n) is 11.7. The number of benzene rings is 1. The molecule has 0 unspecified atom stereocenters. The van der Waals surface area contributed by atoms with Crippen LogP contribution in [0.25, 0.3) is 5.73 Å². The molecule has 0 bridgehead atoms. The molecule has 1 N–H and O–H groups in total. The van der Waals surface area contributed by atoms with Gasteiger partial charge in [0.1, 0.15) is 11.6 Å². The van der Waals surface area contributed by atoms with Crippen molar-refractivity contribution in [1.29, 1.82) is 0 Å². The van der Waals surface area contributed by atoms with E-state index in [1.54, 1.807) is 18.1 Å². The Kier molecular flexibility index (Phi) is 4.74. The number of rotatable bonds is 3. The normalized spacial score (nSPS) is 14.7. The maximum absolute atomic E-state index is 7.36. The molecule has 1 aromatic heterocycles. The molecule has 21 heavy (non-hydrogen) atoms. The summed E-state index contributed by atoms with van der Waals surface area (Å²) < 4.78 is 10.2. The number of nitrogens with zero attached hydrogens (tertiary/aromatic N) is 4. The van der Waals surface area contributed by atoms with Crippen LogP contribution in [-0.4, -0.2) is 38.6 Å². The van der Waals surface area contributed by atoms with Crippen LogP contribution in [-0.2, 0) is 0 Å². The van der Waals surface area contributed by atoms with Crippen molar-refractivity contribution in [3.05, 3.63) is 36.2 Å². The molecule has 0 saturated carbocycles. The van der Waals surface area contributed by atoms with Crippen molar-refractivity contribution in [3.8, 4) is 5.75 Å². The van der Waals surface area contributed by atoms with E-state index in [0.717, 1.165) is 37.6 Å². The van der Waals surface area contributed by atoms with E-state index in [-0.39, 0.29) is 18.3 Å². The fourth-order valence-corrected chi connectivity index (χ4v) is 2.40. The molecule has 2 aromatic rings. The second-order valence-electron chi connectivity index (χ2n) is 4.60. The van der Waals surface area contributed by atoms with E-state index >= 15 is 0 Å². The third-order valence-corrected chi connectivity index (χ3v) is 3.43. The van der Waals surface area contributed by atoms with Gasteiger partial charge in [0, 0.05) is 13.1 Å². The van der Waals surface area contributed by atoms with Gasteiger partial charge in [0.05, 0.1) is 30.7 Å². The number of methoxy groups -OCH3 is 1. The van der Waals surface area contributed by atoms with E-state index in [4.69, 9.17) is 15.0 Å². The number of para-hydroxylation sites is 2. The van der Waals surface area contributed by atoms with Crippen molar-refractivity contribution < 1.29 is 14.1 Å². The number of hydrogen-bond acceptors (Lipinski definition) is 5. The molecule has 8 heteroatoms. The molecule has 1 aliphatic rings. The monoisotopic (exact) mass is 311 g/mol. The van der Waals surface area contributed by atoms with Crippen LogP contribution in [0.5, 0.6) is 5.75 Å². The maximum atomic E-state index is 7.36. The van der Waals surface area contributed by atoms with E-state index in [2.05, 4.69) is 16.2 Å².